The molecule has 0 unspecified atom stereocenters. The van der Waals surface area contributed by atoms with Crippen molar-refractivity contribution < 1.29 is 4.79 Å². The zero-order valence-electron chi connectivity index (χ0n) is 10.9. The number of rotatable bonds is 6. The van der Waals surface area contributed by atoms with Crippen molar-refractivity contribution in [2.75, 3.05) is 12.8 Å². The van der Waals surface area contributed by atoms with Crippen LogP contribution in [0.3, 0.4) is 0 Å². The van der Waals surface area contributed by atoms with E-state index in [1.807, 2.05) is 0 Å². The molecule has 2 aromatic heterocycles. The van der Waals surface area contributed by atoms with Gasteiger partial charge in [0.25, 0.3) is 5.91 Å². The SMILES string of the molecule is CSCc1nc(CCNC(=O)c2cncn2C)cs1. The summed E-state index contributed by atoms with van der Waals surface area (Å²) in [5.41, 5.74) is 1.61. The van der Waals surface area contributed by atoms with Crippen LogP contribution < -0.4 is 5.32 Å². The quantitative estimate of drug-likeness (QED) is 0.881. The fourth-order valence-corrected chi connectivity index (χ4v) is 3.17. The standard InChI is InChI=1S/C12H16N4OS2/c1-16-8-13-5-10(16)12(17)14-4-3-9-6-19-11(15-9)7-18-2/h5-6,8H,3-4,7H2,1-2H3,(H,14,17). The summed E-state index contributed by atoms with van der Waals surface area (Å²) in [7, 11) is 1.80. The maximum atomic E-state index is 11.8. The molecule has 7 heteroatoms. The lowest BCUT2D eigenvalue weighted by molar-refractivity contribution is 0.0946. The van der Waals surface area contributed by atoms with Crippen LogP contribution in [0.4, 0.5) is 0 Å². The normalized spacial score (nSPS) is 10.6. The summed E-state index contributed by atoms with van der Waals surface area (Å²) in [6.45, 7) is 0.590. The van der Waals surface area contributed by atoms with E-state index in [4.69, 9.17) is 0 Å². The van der Waals surface area contributed by atoms with Crippen molar-refractivity contribution in [1.29, 1.82) is 0 Å². The fraction of sp³-hybridized carbons (Fsp3) is 0.417. The van der Waals surface area contributed by atoms with Gasteiger partial charge in [-0.05, 0) is 6.26 Å². The van der Waals surface area contributed by atoms with Gasteiger partial charge in [0.2, 0.25) is 0 Å². The number of amides is 1. The highest BCUT2D eigenvalue weighted by atomic mass is 32.2. The molecule has 0 aromatic carbocycles. The predicted molar refractivity (Wildman–Crippen MR) is 78.6 cm³/mol. The monoisotopic (exact) mass is 296 g/mol. The molecular formula is C12H16N4OS2. The second kappa shape index (κ2) is 6.72. The van der Waals surface area contributed by atoms with Crippen LogP contribution in [-0.4, -0.2) is 33.2 Å². The van der Waals surface area contributed by atoms with Crippen LogP contribution in [0.25, 0.3) is 0 Å². The number of nitrogens with zero attached hydrogens (tertiary/aromatic N) is 3. The number of imidazole rings is 1. The third-order valence-electron chi connectivity index (χ3n) is 2.58. The van der Waals surface area contributed by atoms with Gasteiger partial charge in [0.1, 0.15) is 10.7 Å². The number of carbonyl (C=O) groups excluding carboxylic acids is 1. The zero-order valence-corrected chi connectivity index (χ0v) is 12.6. The molecule has 102 valence electrons. The van der Waals surface area contributed by atoms with Gasteiger partial charge in [0.05, 0.1) is 18.2 Å². The average molecular weight is 296 g/mol. The molecule has 0 spiro atoms. The fourth-order valence-electron chi connectivity index (χ4n) is 1.62. The van der Waals surface area contributed by atoms with E-state index >= 15 is 0 Å². The number of thioether (sulfide) groups is 1. The number of aryl methyl sites for hydroxylation is 1. The Balaban J connectivity index is 1.80. The lowest BCUT2D eigenvalue weighted by Crippen LogP contribution is -2.27. The molecule has 2 rings (SSSR count). The second-order valence-electron chi connectivity index (χ2n) is 4.06. The Labute approximate surface area is 120 Å². The third kappa shape index (κ3) is 3.81. The van der Waals surface area contributed by atoms with Gasteiger partial charge >= 0.3 is 0 Å². The van der Waals surface area contributed by atoms with E-state index in [0.29, 0.717) is 12.2 Å². The van der Waals surface area contributed by atoms with Gasteiger partial charge in [-0.15, -0.1) is 11.3 Å². The number of nitrogens with one attached hydrogen (secondary N) is 1. The van der Waals surface area contributed by atoms with Gasteiger partial charge < -0.3 is 9.88 Å². The first-order valence-electron chi connectivity index (χ1n) is 5.87. The molecule has 1 N–H and O–H groups in total. The topological polar surface area (TPSA) is 59.8 Å². The van der Waals surface area contributed by atoms with Crippen LogP contribution in [-0.2, 0) is 19.2 Å². The van der Waals surface area contributed by atoms with Crippen molar-refractivity contribution in [3.8, 4) is 0 Å². The van der Waals surface area contributed by atoms with E-state index in [1.165, 1.54) is 0 Å². The second-order valence-corrected chi connectivity index (χ2v) is 5.87. The van der Waals surface area contributed by atoms with Gasteiger partial charge in [0.15, 0.2) is 0 Å². The molecule has 0 saturated heterocycles. The molecule has 2 aromatic rings. The molecule has 0 saturated carbocycles. The zero-order chi connectivity index (χ0) is 13.7. The molecule has 0 radical (unpaired) electrons. The van der Waals surface area contributed by atoms with Crippen molar-refractivity contribution in [3.05, 3.63) is 34.3 Å². The Morgan fingerprint density at radius 1 is 1.58 bits per heavy atom. The lowest BCUT2D eigenvalue weighted by atomic mass is 10.3. The van der Waals surface area contributed by atoms with Crippen molar-refractivity contribution in [2.24, 2.45) is 7.05 Å². The molecule has 2 heterocycles. The van der Waals surface area contributed by atoms with Gasteiger partial charge in [-0.25, -0.2) is 9.97 Å². The number of carbonyl (C=O) groups is 1. The Morgan fingerprint density at radius 3 is 3.11 bits per heavy atom. The van der Waals surface area contributed by atoms with Crippen molar-refractivity contribution in [3.63, 3.8) is 0 Å². The van der Waals surface area contributed by atoms with E-state index in [9.17, 15) is 4.79 Å². The number of hydrogen-bond acceptors (Lipinski definition) is 5. The molecule has 19 heavy (non-hydrogen) atoms. The number of aromatic nitrogens is 3. The summed E-state index contributed by atoms with van der Waals surface area (Å²) in [6, 6.07) is 0. The number of thiazole rings is 1. The maximum Gasteiger partial charge on any atom is 0.269 e. The van der Waals surface area contributed by atoms with Crippen LogP contribution >= 0.6 is 23.1 Å². The molecule has 5 nitrogen and oxygen atoms in total. The van der Waals surface area contributed by atoms with Crippen LogP contribution in [0, 0.1) is 0 Å². The van der Waals surface area contributed by atoms with E-state index in [0.717, 1.165) is 22.9 Å². The molecular weight excluding hydrogens is 280 g/mol. The minimum absolute atomic E-state index is 0.0976. The highest BCUT2D eigenvalue weighted by molar-refractivity contribution is 7.97. The summed E-state index contributed by atoms with van der Waals surface area (Å²) < 4.78 is 1.70. The van der Waals surface area contributed by atoms with Crippen molar-refractivity contribution in [1.82, 2.24) is 19.9 Å². The van der Waals surface area contributed by atoms with Gasteiger partial charge in [0, 0.05) is 31.1 Å². The predicted octanol–water partition coefficient (Wildman–Crippen LogP) is 1.71. The molecule has 0 fully saturated rings. The Kier molecular flexibility index (Phi) is 4.98. The Hall–Kier alpha value is -1.34. The minimum atomic E-state index is -0.0976. The van der Waals surface area contributed by atoms with E-state index in [-0.39, 0.29) is 5.91 Å². The molecule has 0 aliphatic carbocycles. The molecule has 0 atom stereocenters. The van der Waals surface area contributed by atoms with E-state index < -0.39 is 0 Å². The molecule has 1 amide bonds. The van der Waals surface area contributed by atoms with E-state index in [1.54, 1.807) is 47.2 Å². The van der Waals surface area contributed by atoms with Crippen LogP contribution in [0.1, 0.15) is 21.2 Å². The lowest BCUT2D eigenvalue weighted by Gasteiger charge is -2.04. The van der Waals surface area contributed by atoms with Crippen LogP contribution in [0.5, 0.6) is 0 Å². The highest BCUT2D eigenvalue weighted by Crippen LogP contribution is 2.15. The Morgan fingerprint density at radius 2 is 2.42 bits per heavy atom. The number of hydrogen-bond donors (Lipinski definition) is 1. The highest BCUT2D eigenvalue weighted by Gasteiger charge is 2.09. The van der Waals surface area contributed by atoms with Gasteiger partial charge in [-0.2, -0.15) is 11.8 Å². The molecule has 0 bridgehead atoms. The van der Waals surface area contributed by atoms with Crippen LogP contribution in [0.15, 0.2) is 17.9 Å². The summed E-state index contributed by atoms with van der Waals surface area (Å²) in [4.78, 5) is 20.3. The summed E-state index contributed by atoms with van der Waals surface area (Å²) in [5, 5.41) is 6.07. The smallest absolute Gasteiger partial charge is 0.269 e. The first-order valence-corrected chi connectivity index (χ1v) is 8.15. The van der Waals surface area contributed by atoms with Gasteiger partial charge in [-0.1, -0.05) is 0 Å². The first-order chi connectivity index (χ1) is 9.20. The molecule has 0 aliphatic rings. The summed E-state index contributed by atoms with van der Waals surface area (Å²) in [6.07, 6.45) is 6.00. The first kappa shape index (κ1) is 14.1. The van der Waals surface area contributed by atoms with Crippen LogP contribution in [0.2, 0.25) is 0 Å². The third-order valence-corrected chi connectivity index (χ3v) is 4.23. The average Bonchev–Trinajstić information content (AvgIpc) is 2.99. The summed E-state index contributed by atoms with van der Waals surface area (Å²) >= 11 is 3.44. The minimum Gasteiger partial charge on any atom is -0.350 e. The largest absolute Gasteiger partial charge is 0.350 e. The van der Waals surface area contributed by atoms with Gasteiger partial charge in [-0.3, -0.25) is 4.79 Å². The molecule has 0 aliphatic heterocycles. The van der Waals surface area contributed by atoms with E-state index in [2.05, 4.69) is 26.9 Å². The van der Waals surface area contributed by atoms with Crippen molar-refractivity contribution >= 4 is 29.0 Å². The maximum absolute atomic E-state index is 11.8. The Bertz CT molecular complexity index is 549. The summed E-state index contributed by atoms with van der Waals surface area (Å²) in [5.74, 6) is 0.853. The van der Waals surface area contributed by atoms with Crippen molar-refractivity contribution in [2.45, 2.75) is 12.2 Å².